The van der Waals surface area contributed by atoms with Gasteiger partial charge in [0.05, 0.1) is 6.20 Å². The number of carbonyl (C=O) groups excluding carboxylic acids is 1. The van der Waals surface area contributed by atoms with Gasteiger partial charge >= 0.3 is 0 Å². The predicted octanol–water partition coefficient (Wildman–Crippen LogP) is 0.778. The number of nitrogens with one attached hydrogen (secondary N) is 1. The number of hydrogen-bond acceptors (Lipinski definition) is 4. The molecule has 0 saturated carbocycles. The molecule has 1 aromatic rings. The van der Waals surface area contributed by atoms with E-state index in [0.717, 1.165) is 32.4 Å². The quantitative estimate of drug-likeness (QED) is 0.765. The fourth-order valence-electron chi connectivity index (χ4n) is 2.51. The molecule has 0 radical (unpaired) electrons. The van der Waals surface area contributed by atoms with E-state index in [0.29, 0.717) is 5.69 Å². The highest BCUT2D eigenvalue weighted by atomic mass is 16.1. The van der Waals surface area contributed by atoms with Gasteiger partial charge in [-0.15, -0.1) is 5.10 Å². The zero-order valence-electron chi connectivity index (χ0n) is 9.86. The van der Waals surface area contributed by atoms with E-state index >= 15 is 0 Å². The van der Waals surface area contributed by atoms with Gasteiger partial charge in [-0.05, 0) is 19.4 Å². The number of aryl methyl sites for hydroxylation is 1. The first-order valence-electron chi connectivity index (χ1n) is 5.80. The molecule has 1 N–H and O–H groups in total. The minimum absolute atomic E-state index is 0.187. The van der Waals surface area contributed by atoms with Crippen LogP contribution in [0.5, 0.6) is 0 Å². The fraction of sp³-hybridized carbons (Fsp3) is 0.727. The average molecular weight is 222 g/mol. The van der Waals surface area contributed by atoms with Crippen LogP contribution in [0.3, 0.4) is 0 Å². The Hall–Kier alpha value is -1.23. The SMILES string of the molecule is CCCC1(C(=O)c2cnnn2C)CCNC1. The van der Waals surface area contributed by atoms with Crippen molar-refractivity contribution in [3.05, 3.63) is 11.9 Å². The second-order valence-corrected chi connectivity index (χ2v) is 4.53. The lowest BCUT2D eigenvalue weighted by Gasteiger charge is -2.25. The lowest BCUT2D eigenvalue weighted by molar-refractivity contribution is 0.0791. The van der Waals surface area contributed by atoms with Gasteiger partial charge in [0.2, 0.25) is 0 Å². The molecule has 0 aliphatic carbocycles. The van der Waals surface area contributed by atoms with Crippen molar-refractivity contribution in [1.82, 2.24) is 20.3 Å². The molecule has 1 unspecified atom stereocenters. The van der Waals surface area contributed by atoms with Gasteiger partial charge in [0.15, 0.2) is 5.78 Å². The molecule has 2 rings (SSSR count). The third kappa shape index (κ3) is 1.75. The maximum absolute atomic E-state index is 12.5. The first-order chi connectivity index (χ1) is 7.69. The molecule has 0 bridgehead atoms. The Morgan fingerprint density at radius 2 is 2.50 bits per heavy atom. The van der Waals surface area contributed by atoms with E-state index in [1.54, 1.807) is 17.9 Å². The van der Waals surface area contributed by atoms with Gasteiger partial charge in [0, 0.05) is 19.0 Å². The largest absolute Gasteiger partial charge is 0.316 e. The number of rotatable bonds is 4. The maximum Gasteiger partial charge on any atom is 0.189 e. The van der Waals surface area contributed by atoms with Gasteiger partial charge in [-0.1, -0.05) is 18.6 Å². The van der Waals surface area contributed by atoms with E-state index in [2.05, 4.69) is 22.6 Å². The first kappa shape index (κ1) is 11.3. The van der Waals surface area contributed by atoms with E-state index in [1.807, 2.05) is 0 Å². The molecule has 0 aromatic carbocycles. The van der Waals surface area contributed by atoms with Crippen LogP contribution in [0.25, 0.3) is 0 Å². The van der Waals surface area contributed by atoms with Crippen LogP contribution in [0.1, 0.15) is 36.7 Å². The number of carbonyl (C=O) groups is 1. The van der Waals surface area contributed by atoms with Crippen molar-refractivity contribution in [3.8, 4) is 0 Å². The average Bonchev–Trinajstić information content (AvgIpc) is 2.87. The van der Waals surface area contributed by atoms with Crippen molar-refractivity contribution >= 4 is 5.78 Å². The fourth-order valence-corrected chi connectivity index (χ4v) is 2.51. The molecule has 1 fully saturated rings. The first-order valence-corrected chi connectivity index (χ1v) is 5.80. The highest BCUT2D eigenvalue weighted by Crippen LogP contribution is 2.34. The monoisotopic (exact) mass is 222 g/mol. The molecular weight excluding hydrogens is 204 g/mol. The van der Waals surface area contributed by atoms with E-state index < -0.39 is 0 Å². The van der Waals surface area contributed by atoms with E-state index in [9.17, 15) is 4.79 Å². The van der Waals surface area contributed by atoms with Crippen LogP contribution in [0.2, 0.25) is 0 Å². The number of ketones is 1. The molecule has 0 amide bonds. The highest BCUT2D eigenvalue weighted by Gasteiger charge is 2.41. The summed E-state index contributed by atoms with van der Waals surface area (Å²) in [7, 11) is 1.77. The van der Waals surface area contributed by atoms with Gasteiger partial charge in [-0.2, -0.15) is 0 Å². The Kier molecular flexibility index (Phi) is 3.05. The Balaban J connectivity index is 2.27. The molecule has 5 nitrogen and oxygen atoms in total. The minimum atomic E-state index is -0.232. The Morgan fingerprint density at radius 1 is 1.69 bits per heavy atom. The Morgan fingerprint density at radius 3 is 3.00 bits per heavy atom. The third-order valence-corrected chi connectivity index (χ3v) is 3.40. The number of Topliss-reactive ketones (excluding diaryl/α,β-unsaturated/α-hetero) is 1. The summed E-state index contributed by atoms with van der Waals surface area (Å²) in [6.45, 7) is 3.83. The van der Waals surface area contributed by atoms with Crippen LogP contribution in [-0.2, 0) is 7.05 Å². The molecule has 16 heavy (non-hydrogen) atoms. The maximum atomic E-state index is 12.5. The van der Waals surface area contributed by atoms with Crippen molar-refractivity contribution in [3.63, 3.8) is 0 Å². The second kappa shape index (κ2) is 4.33. The topological polar surface area (TPSA) is 59.8 Å². The second-order valence-electron chi connectivity index (χ2n) is 4.53. The Labute approximate surface area is 95.2 Å². The molecule has 1 atom stereocenters. The lowest BCUT2D eigenvalue weighted by atomic mass is 9.77. The zero-order chi connectivity index (χ0) is 11.6. The molecule has 88 valence electrons. The van der Waals surface area contributed by atoms with E-state index in [-0.39, 0.29) is 11.2 Å². The van der Waals surface area contributed by atoms with Gasteiger partial charge < -0.3 is 5.32 Å². The summed E-state index contributed by atoms with van der Waals surface area (Å²) in [4.78, 5) is 12.5. The summed E-state index contributed by atoms with van der Waals surface area (Å²) in [5.74, 6) is 0.187. The summed E-state index contributed by atoms with van der Waals surface area (Å²) < 4.78 is 1.57. The summed E-state index contributed by atoms with van der Waals surface area (Å²) >= 11 is 0. The molecule has 2 heterocycles. The molecule has 0 spiro atoms. The minimum Gasteiger partial charge on any atom is -0.316 e. The van der Waals surface area contributed by atoms with Gasteiger partial charge in [0.1, 0.15) is 5.69 Å². The van der Waals surface area contributed by atoms with Crippen LogP contribution < -0.4 is 5.32 Å². The molecule has 1 aliphatic rings. The van der Waals surface area contributed by atoms with Crippen molar-refractivity contribution in [2.75, 3.05) is 13.1 Å². The van der Waals surface area contributed by atoms with Crippen LogP contribution in [0, 0.1) is 5.41 Å². The molecule has 1 aromatic heterocycles. The van der Waals surface area contributed by atoms with Crippen LogP contribution in [-0.4, -0.2) is 33.9 Å². The third-order valence-electron chi connectivity index (χ3n) is 3.40. The number of nitrogens with zero attached hydrogens (tertiary/aromatic N) is 3. The summed E-state index contributed by atoms with van der Waals surface area (Å²) in [5, 5.41) is 10.9. The van der Waals surface area contributed by atoms with Crippen LogP contribution in [0.4, 0.5) is 0 Å². The Bertz CT molecular complexity index is 379. The zero-order valence-corrected chi connectivity index (χ0v) is 9.86. The van der Waals surface area contributed by atoms with Crippen molar-refractivity contribution < 1.29 is 4.79 Å². The number of aromatic nitrogens is 3. The van der Waals surface area contributed by atoms with E-state index in [4.69, 9.17) is 0 Å². The molecular formula is C11H18N4O. The summed E-state index contributed by atoms with van der Waals surface area (Å²) in [6, 6.07) is 0. The van der Waals surface area contributed by atoms with Crippen molar-refractivity contribution in [2.24, 2.45) is 12.5 Å². The number of hydrogen-bond donors (Lipinski definition) is 1. The highest BCUT2D eigenvalue weighted by molar-refractivity contribution is 5.99. The van der Waals surface area contributed by atoms with Gasteiger partial charge in [-0.3, -0.25) is 4.79 Å². The normalized spacial score (nSPS) is 24.9. The van der Waals surface area contributed by atoms with Crippen LogP contribution in [0.15, 0.2) is 6.20 Å². The van der Waals surface area contributed by atoms with Gasteiger partial charge in [-0.25, -0.2) is 4.68 Å². The van der Waals surface area contributed by atoms with Crippen molar-refractivity contribution in [1.29, 1.82) is 0 Å². The van der Waals surface area contributed by atoms with E-state index in [1.165, 1.54) is 0 Å². The van der Waals surface area contributed by atoms with Gasteiger partial charge in [0.25, 0.3) is 0 Å². The molecule has 1 aliphatic heterocycles. The smallest absolute Gasteiger partial charge is 0.189 e. The summed E-state index contributed by atoms with van der Waals surface area (Å²) in [5.41, 5.74) is 0.390. The lowest BCUT2D eigenvalue weighted by Crippen LogP contribution is -2.34. The molecule has 5 heteroatoms. The van der Waals surface area contributed by atoms with Crippen LogP contribution >= 0.6 is 0 Å². The molecule has 1 saturated heterocycles. The van der Waals surface area contributed by atoms with Crippen molar-refractivity contribution in [2.45, 2.75) is 26.2 Å². The standard InChI is InChI=1S/C11H18N4O/c1-3-4-11(5-6-12-8-11)10(16)9-7-13-14-15(9)2/h7,12H,3-6,8H2,1-2H3. The predicted molar refractivity (Wildman–Crippen MR) is 60.2 cm³/mol. The summed E-state index contributed by atoms with van der Waals surface area (Å²) in [6.07, 6.45) is 4.45.